The lowest BCUT2D eigenvalue weighted by Crippen LogP contribution is -2.30. The van der Waals surface area contributed by atoms with Crippen molar-refractivity contribution >= 4 is 29.3 Å². The van der Waals surface area contributed by atoms with Gasteiger partial charge in [-0.15, -0.1) is 11.8 Å². The van der Waals surface area contributed by atoms with Crippen molar-refractivity contribution < 1.29 is 9.59 Å². The molecule has 0 unspecified atom stereocenters. The summed E-state index contributed by atoms with van der Waals surface area (Å²) >= 11 is 1.98. The molecule has 1 N–H and O–H groups in total. The molecule has 0 radical (unpaired) electrons. The van der Waals surface area contributed by atoms with E-state index in [1.807, 2.05) is 43.5 Å². The minimum absolute atomic E-state index is 0.0156. The van der Waals surface area contributed by atoms with E-state index in [4.69, 9.17) is 0 Å². The van der Waals surface area contributed by atoms with Gasteiger partial charge in [0.25, 0.3) is 0 Å². The monoisotopic (exact) mass is 390 g/mol. The second-order valence-corrected chi connectivity index (χ2v) is 8.70. The van der Waals surface area contributed by atoms with E-state index in [0.29, 0.717) is 19.3 Å². The highest BCUT2D eigenvalue weighted by molar-refractivity contribution is 8.00. The molecule has 0 bridgehead atoms. The fourth-order valence-electron chi connectivity index (χ4n) is 3.57. The van der Waals surface area contributed by atoms with Crippen molar-refractivity contribution in [3.8, 4) is 0 Å². The van der Waals surface area contributed by atoms with Crippen LogP contribution in [0, 0.1) is 6.92 Å². The smallest absolute Gasteiger partial charge is 0.224 e. The summed E-state index contributed by atoms with van der Waals surface area (Å²) in [5.41, 5.74) is 1.98. The quantitative estimate of drug-likeness (QED) is 0.614. The minimum atomic E-state index is -0.0156. The molecule has 1 fully saturated rings. The first-order valence-corrected chi connectivity index (χ1v) is 11.3. The van der Waals surface area contributed by atoms with E-state index in [2.05, 4.69) is 17.4 Å². The molecule has 1 aromatic rings. The molecule has 0 spiro atoms. The maximum absolute atomic E-state index is 12.2. The van der Waals surface area contributed by atoms with Gasteiger partial charge in [-0.05, 0) is 63.8 Å². The molecule has 0 aliphatic heterocycles. The standard InChI is InChI=1S/C22H34N2O2S/c1-4-24(5-2)22(26)13-9-12-21(25)23-20-15-14-19(16-17(20)3)27-18-10-7-6-8-11-18/h14-16,18H,4-13H2,1-3H3,(H,23,25). The summed E-state index contributed by atoms with van der Waals surface area (Å²) in [6, 6.07) is 6.31. The average Bonchev–Trinajstić information content (AvgIpc) is 2.66. The van der Waals surface area contributed by atoms with E-state index >= 15 is 0 Å². The molecule has 0 saturated heterocycles. The van der Waals surface area contributed by atoms with Gasteiger partial charge >= 0.3 is 0 Å². The van der Waals surface area contributed by atoms with Crippen molar-refractivity contribution in [2.24, 2.45) is 0 Å². The van der Waals surface area contributed by atoms with Gasteiger partial charge in [-0.25, -0.2) is 0 Å². The van der Waals surface area contributed by atoms with Crippen LogP contribution in [0.15, 0.2) is 23.1 Å². The molecule has 0 atom stereocenters. The Kier molecular flexibility index (Phi) is 9.19. The summed E-state index contributed by atoms with van der Waals surface area (Å²) in [6.45, 7) is 7.46. The second kappa shape index (κ2) is 11.4. The molecule has 0 aromatic heterocycles. The van der Waals surface area contributed by atoms with Crippen LogP contribution in [-0.2, 0) is 9.59 Å². The van der Waals surface area contributed by atoms with E-state index < -0.39 is 0 Å². The highest BCUT2D eigenvalue weighted by Gasteiger charge is 2.15. The molecule has 150 valence electrons. The van der Waals surface area contributed by atoms with Gasteiger partial charge in [0.05, 0.1) is 0 Å². The van der Waals surface area contributed by atoms with Crippen LogP contribution in [0.2, 0.25) is 0 Å². The maximum atomic E-state index is 12.2. The molecule has 1 aliphatic rings. The van der Waals surface area contributed by atoms with Crippen molar-refractivity contribution in [1.29, 1.82) is 0 Å². The predicted octanol–water partition coefficient (Wildman–Crippen LogP) is 5.40. The second-order valence-electron chi connectivity index (χ2n) is 7.32. The lowest BCUT2D eigenvalue weighted by Gasteiger charge is -2.21. The van der Waals surface area contributed by atoms with Crippen molar-refractivity contribution in [3.05, 3.63) is 23.8 Å². The third-order valence-corrected chi connectivity index (χ3v) is 6.57. The van der Waals surface area contributed by atoms with Gasteiger partial charge in [-0.1, -0.05) is 19.3 Å². The Labute approximate surface area is 168 Å². The number of rotatable bonds is 9. The first-order chi connectivity index (χ1) is 13.0. The zero-order valence-electron chi connectivity index (χ0n) is 17.1. The van der Waals surface area contributed by atoms with Crippen molar-refractivity contribution in [3.63, 3.8) is 0 Å². The Bertz CT molecular complexity index is 623. The average molecular weight is 391 g/mol. The van der Waals surface area contributed by atoms with Gasteiger partial charge in [0.2, 0.25) is 11.8 Å². The van der Waals surface area contributed by atoms with E-state index in [0.717, 1.165) is 29.6 Å². The topological polar surface area (TPSA) is 49.4 Å². The highest BCUT2D eigenvalue weighted by Crippen LogP contribution is 2.34. The molecule has 1 aliphatic carbocycles. The van der Waals surface area contributed by atoms with Crippen LogP contribution in [0.1, 0.15) is 70.8 Å². The molecule has 4 nitrogen and oxygen atoms in total. The third kappa shape index (κ3) is 7.21. The van der Waals surface area contributed by atoms with E-state index in [9.17, 15) is 9.59 Å². The molecule has 2 rings (SSSR count). The normalized spacial score (nSPS) is 14.8. The van der Waals surface area contributed by atoms with Crippen LogP contribution in [0.25, 0.3) is 0 Å². The number of thioether (sulfide) groups is 1. The predicted molar refractivity (Wildman–Crippen MR) is 114 cm³/mol. The number of aryl methyl sites for hydroxylation is 1. The summed E-state index contributed by atoms with van der Waals surface area (Å²) < 4.78 is 0. The molecule has 5 heteroatoms. The van der Waals surface area contributed by atoms with E-state index in [1.165, 1.54) is 37.0 Å². The first-order valence-electron chi connectivity index (χ1n) is 10.4. The number of carbonyl (C=O) groups excluding carboxylic acids is 2. The van der Waals surface area contributed by atoms with Crippen LogP contribution in [0.5, 0.6) is 0 Å². The zero-order chi connectivity index (χ0) is 19.6. The molecule has 1 aromatic carbocycles. The zero-order valence-corrected chi connectivity index (χ0v) is 17.9. The number of benzene rings is 1. The van der Waals surface area contributed by atoms with Gasteiger partial charge in [0, 0.05) is 41.8 Å². The van der Waals surface area contributed by atoms with Crippen LogP contribution >= 0.6 is 11.8 Å². The number of amides is 2. The fourth-order valence-corrected chi connectivity index (χ4v) is 4.92. The van der Waals surface area contributed by atoms with Gasteiger partial charge in [-0.3, -0.25) is 9.59 Å². The van der Waals surface area contributed by atoms with Crippen molar-refractivity contribution in [2.75, 3.05) is 18.4 Å². The largest absolute Gasteiger partial charge is 0.343 e. The third-order valence-electron chi connectivity index (χ3n) is 5.24. The maximum Gasteiger partial charge on any atom is 0.224 e. The van der Waals surface area contributed by atoms with Crippen LogP contribution < -0.4 is 5.32 Å². The summed E-state index contributed by atoms with van der Waals surface area (Å²) in [5.74, 6) is 0.117. The molecular formula is C22H34N2O2S. The molecule has 0 heterocycles. The summed E-state index contributed by atoms with van der Waals surface area (Å²) in [7, 11) is 0. The molecule has 2 amide bonds. The Balaban J connectivity index is 1.78. The van der Waals surface area contributed by atoms with Gasteiger partial charge < -0.3 is 10.2 Å². The van der Waals surface area contributed by atoms with Crippen LogP contribution in [0.3, 0.4) is 0 Å². The first kappa shape index (κ1) is 21.8. The number of carbonyl (C=O) groups is 2. The minimum Gasteiger partial charge on any atom is -0.343 e. The Hall–Kier alpha value is -1.49. The Morgan fingerprint density at radius 3 is 2.44 bits per heavy atom. The van der Waals surface area contributed by atoms with Gasteiger partial charge in [0.15, 0.2) is 0 Å². The van der Waals surface area contributed by atoms with Crippen molar-refractivity contribution in [1.82, 2.24) is 4.90 Å². The Morgan fingerprint density at radius 2 is 1.81 bits per heavy atom. The number of anilines is 1. The fraction of sp³-hybridized carbons (Fsp3) is 0.636. The number of hydrogen-bond donors (Lipinski definition) is 1. The number of hydrogen-bond acceptors (Lipinski definition) is 3. The van der Waals surface area contributed by atoms with Crippen molar-refractivity contribution in [2.45, 2.75) is 82.3 Å². The van der Waals surface area contributed by atoms with E-state index in [-0.39, 0.29) is 11.8 Å². The van der Waals surface area contributed by atoms with Gasteiger partial charge in [0.1, 0.15) is 0 Å². The Morgan fingerprint density at radius 1 is 1.11 bits per heavy atom. The van der Waals surface area contributed by atoms with Gasteiger partial charge in [-0.2, -0.15) is 0 Å². The molecular weight excluding hydrogens is 356 g/mol. The summed E-state index contributed by atoms with van der Waals surface area (Å²) in [4.78, 5) is 27.3. The molecule has 27 heavy (non-hydrogen) atoms. The lowest BCUT2D eigenvalue weighted by atomic mass is 10.0. The number of nitrogens with one attached hydrogen (secondary N) is 1. The highest BCUT2D eigenvalue weighted by atomic mass is 32.2. The summed E-state index contributed by atoms with van der Waals surface area (Å²) in [6.07, 6.45) is 8.11. The number of nitrogens with zero attached hydrogens (tertiary/aromatic N) is 1. The lowest BCUT2D eigenvalue weighted by molar-refractivity contribution is -0.130. The molecule has 1 saturated carbocycles. The summed E-state index contributed by atoms with van der Waals surface area (Å²) in [5, 5.41) is 3.74. The van der Waals surface area contributed by atoms with Crippen LogP contribution in [-0.4, -0.2) is 35.1 Å². The van der Waals surface area contributed by atoms with Crippen LogP contribution in [0.4, 0.5) is 5.69 Å². The van der Waals surface area contributed by atoms with E-state index in [1.54, 1.807) is 0 Å². The SMILES string of the molecule is CCN(CC)C(=O)CCCC(=O)Nc1ccc(SC2CCCCC2)cc1C.